The van der Waals surface area contributed by atoms with E-state index in [4.69, 9.17) is 11.6 Å². The number of benzene rings is 1. The molecule has 1 N–H and O–H groups in total. The van der Waals surface area contributed by atoms with E-state index in [1.165, 1.54) is 12.1 Å². The van der Waals surface area contributed by atoms with Gasteiger partial charge >= 0.3 is 12.3 Å². The highest BCUT2D eigenvalue weighted by Crippen LogP contribution is 2.23. The monoisotopic (exact) mass is 318 g/mol. The number of aliphatic hydroxyl groups excluding tert-OH is 1. The quantitative estimate of drug-likeness (QED) is 0.782. The highest BCUT2D eigenvalue weighted by atomic mass is 35.5. The van der Waals surface area contributed by atoms with Gasteiger partial charge in [0, 0.05) is 11.4 Å². The van der Waals surface area contributed by atoms with Crippen LogP contribution >= 0.6 is 11.6 Å². The van der Waals surface area contributed by atoms with Crippen LogP contribution in [0.25, 0.3) is 0 Å². The minimum atomic E-state index is -4.27. The summed E-state index contributed by atoms with van der Waals surface area (Å²) in [5, 5.41) is 9.65. The van der Waals surface area contributed by atoms with Gasteiger partial charge in [-0.15, -0.1) is 0 Å². The molecule has 0 radical (unpaired) electrons. The summed E-state index contributed by atoms with van der Waals surface area (Å²) in [5.74, 6) is -4.93. The molecule has 0 aliphatic rings. The molecule has 0 bridgehead atoms. The fraction of sp³-hybridized carbons (Fsp3) is 0.500. The van der Waals surface area contributed by atoms with E-state index < -0.39 is 37.5 Å². The summed E-state index contributed by atoms with van der Waals surface area (Å²) in [6.07, 6.45) is -5.34. The first-order valence-electron chi connectivity index (χ1n) is 5.58. The summed E-state index contributed by atoms with van der Waals surface area (Å²) >= 11 is 5.54. The Morgan fingerprint density at radius 3 is 2.50 bits per heavy atom. The van der Waals surface area contributed by atoms with Crippen molar-refractivity contribution < 1.29 is 31.8 Å². The van der Waals surface area contributed by atoms with Crippen molar-refractivity contribution in [3.05, 3.63) is 34.6 Å². The molecule has 8 heteroatoms. The number of rotatable bonds is 7. The second-order valence-corrected chi connectivity index (χ2v) is 4.61. The van der Waals surface area contributed by atoms with Gasteiger partial charge in [0.1, 0.15) is 12.4 Å². The number of aliphatic hydroxyl groups is 1. The Balaban J connectivity index is 2.42. The molecule has 1 atom stereocenters. The minimum Gasteiger partial charge on any atom is -0.390 e. The van der Waals surface area contributed by atoms with E-state index >= 15 is 0 Å². The molecule has 1 unspecified atom stereocenters. The lowest BCUT2D eigenvalue weighted by Gasteiger charge is -2.17. The standard InChI is InChI=1S/C12H12ClF5O2/c13-8-2-1-7(10(14)4-8)3-9(19)5-20-6-12(17,18)11(15)16/h1-2,4,9,11,19H,3,5-6H2. The molecule has 20 heavy (non-hydrogen) atoms. The number of hydrogen-bond donors (Lipinski definition) is 1. The van der Waals surface area contributed by atoms with Crippen molar-refractivity contribution in [1.82, 2.24) is 0 Å². The predicted molar refractivity (Wildman–Crippen MR) is 62.9 cm³/mol. The predicted octanol–water partition coefficient (Wildman–Crippen LogP) is 3.30. The van der Waals surface area contributed by atoms with Gasteiger partial charge in [-0.25, -0.2) is 13.2 Å². The van der Waals surface area contributed by atoms with Gasteiger partial charge in [0.15, 0.2) is 0 Å². The molecule has 1 rings (SSSR count). The van der Waals surface area contributed by atoms with Crippen LogP contribution < -0.4 is 0 Å². The minimum absolute atomic E-state index is 0.117. The molecule has 0 spiro atoms. The third-order valence-corrected chi connectivity index (χ3v) is 2.63. The zero-order valence-electron chi connectivity index (χ0n) is 10.1. The Bertz CT molecular complexity index is 442. The number of ether oxygens (including phenoxy) is 1. The normalized spacial score (nSPS) is 13.8. The lowest BCUT2D eigenvalue weighted by atomic mass is 10.1. The highest BCUT2D eigenvalue weighted by Gasteiger charge is 2.41. The third kappa shape index (κ3) is 5.22. The van der Waals surface area contributed by atoms with Crippen LogP contribution in [0.5, 0.6) is 0 Å². The zero-order chi connectivity index (χ0) is 15.3. The maximum absolute atomic E-state index is 13.4. The van der Waals surface area contributed by atoms with Crippen LogP contribution in [0.3, 0.4) is 0 Å². The van der Waals surface area contributed by atoms with Crippen molar-refractivity contribution >= 4 is 11.6 Å². The van der Waals surface area contributed by atoms with E-state index in [9.17, 15) is 27.1 Å². The fourth-order valence-corrected chi connectivity index (χ4v) is 1.55. The van der Waals surface area contributed by atoms with Crippen LogP contribution in [0.4, 0.5) is 22.0 Å². The molecular formula is C12H12ClF5O2. The first kappa shape index (κ1) is 17.1. The molecule has 0 amide bonds. The Morgan fingerprint density at radius 1 is 1.30 bits per heavy atom. The second kappa shape index (κ2) is 7.19. The Kier molecular flexibility index (Phi) is 6.16. The van der Waals surface area contributed by atoms with Gasteiger partial charge in [-0.3, -0.25) is 0 Å². The van der Waals surface area contributed by atoms with Crippen molar-refractivity contribution in [3.8, 4) is 0 Å². The van der Waals surface area contributed by atoms with Crippen LogP contribution in [-0.4, -0.2) is 36.8 Å². The molecule has 2 nitrogen and oxygen atoms in total. The smallest absolute Gasteiger partial charge is 0.330 e. The molecule has 0 aliphatic heterocycles. The van der Waals surface area contributed by atoms with Gasteiger partial charge < -0.3 is 9.84 Å². The Hall–Kier alpha value is -0.920. The van der Waals surface area contributed by atoms with Gasteiger partial charge in [0.05, 0.1) is 12.7 Å². The van der Waals surface area contributed by atoms with E-state index in [1.54, 1.807) is 0 Å². The molecule has 0 aliphatic carbocycles. The van der Waals surface area contributed by atoms with E-state index in [2.05, 4.69) is 4.74 Å². The summed E-state index contributed by atoms with van der Waals surface area (Å²) in [6, 6.07) is 3.77. The summed E-state index contributed by atoms with van der Waals surface area (Å²) < 4.78 is 66.3. The van der Waals surface area contributed by atoms with Gasteiger partial charge in [-0.1, -0.05) is 17.7 Å². The van der Waals surface area contributed by atoms with Crippen molar-refractivity contribution in [1.29, 1.82) is 0 Å². The SMILES string of the molecule is OC(COCC(F)(F)C(F)F)Cc1ccc(Cl)cc1F. The van der Waals surface area contributed by atoms with Gasteiger partial charge in [-0.05, 0) is 17.7 Å². The van der Waals surface area contributed by atoms with E-state index in [-0.39, 0.29) is 17.0 Å². The highest BCUT2D eigenvalue weighted by molar-refractivity contribution is 6.30. The largest absolute Gasteiger partial charge is 0.390 e. The molecular weight excluding hydrogens is 307 g/mol. The summed E-state index contributed by atoms with van der Waals surface area (Å²) in [7, 11) is 0. The lowest BCUT2D eigenvalue weighted by molar-refractivity contribution is -0.170. The zero-order valence-corrected chi connectivity index (χ0v) is 10.9. The van der Waals surface area contributed by atoms with Crippen molar-refractivity contribution in [2.24, 2.45) is 0 Å². The molecule has 0 aromatic heterocycles. The number of alkyl halides is 4. The molecule has 0 heterocycles. The summed E-state index contributed by atoms with van der Waals surface area (Å²) in [5.41, 5.74) is 0.117. The number of halogens is 6. The molecule has 0 saturated heterocycles. The average molecular weight is 319 g/mol. The Labute approximate surface area is 117 Å². The summed E-state index contributed by atoms with van der Waals surface area (Å²) in [6.45, 7) is -2.12. The van der Waals surface area contributed by atoms with Crippen LogP contribution in [0.15, 0.2) is 18.2 Å². The maximum Gasteiger partial charge on any atom is 0.330 e. The van der Waals surface area contributed by atoms with E-state index in [1.807, 2.05) is 0 Å². The third-order valence-electron chi connectivity index (χ3n) is 2.39. The van der Waals surface area contributed by atoms with Crippen LogP contribution in [0, 0.1) is 5.82 Å². The number of hydrogen-bond acceptors (Lipinski definition) is 2. The first-order valence-corrected chi connectivity index (χ1v) is 5.96. The van der Waals surface area contributed by atoms with Crippen LogP contribution in [0.1, 0.15) is 5.56 Å². The Morgan fingerprint density at radius 2 is 1.95 bits per heavy atom. The van der Waals surface area contributed by atoms with E-state index in [0.29, 0.717) is 0 Å². The first-order chi connectivity index (χ1) is 9.22. The summed E-state index contributed by atoms with van der Waals surface area (Å²) in [4.78, 5) is 0. The second-order valence-electron chi connectivity index (χ2n) is 4.17. The fourth-order valence-electron chi connectivity index (χ4n) is 1.39. The lowest BCUT2D eigenvalue weighted by Crippen LogP contribution is -2.34. The van der Waals surface area contributed by atoms with Crippen LogP contribution in [0.2, 0.25) is 5.02 Å². The van der Waals surface area contributed by atoms with Crippen molar-refractivity contribution in [2.75, 3.05) is 13.2 Å². The molecule has 114 valence electrons. The molecule has 0 saturated carbocycles. The molecule has 0 fully saturated rings. The molecule has 1 aromatic rings. The average Bonchev–Trinajstić information content (AvgIpc) is 2.32. The van der Waals surface area contributed by atoms with Crippen LogP contribution in [-0.2, 0) is 11.2 Å². The van der Waals surface area contributed by atoms with Gasteiger partial charge in [0.25, 0.3) is 0 Å². The van der Waals surface area contributed by atoms with Crippen molar-refractivity contribution in [3.63, 3.8) is 0 Å². The molecule has 1 aromatic carbocycles. The van der Waals surface area contributed by atoms with Gasteiger partial charge in [-0.2, -0.15) is 8.78 Å². The van der Waals surface area contributed by atoms with Gasteiger partial charge in [0.2, 0.25) is 0 Å². The van der Waals surface area contributed by atoms with Crippen molar-refractivity contribution in [2.45, 2.75) is 24.9 Å². The maximum atomic E-state index is 13.4. The topological polar surface area (TPSA) is 29.5 Å². The van der Waals surface area contributed by atoms with E-state index in [0.717, 1.165) is 6.07 Å².